The number of nitrogens with zero attached hydrogens (tertiary/aromatic N) is 2. The number of hydrogen-bond donors (Lipinski definition) is 2. The number of carbonyl (C=O) groups is 1. The number of benzene rings is 1. The molecule has 0 atom stereocenters. The Morgan fingerprint density at radius 2 is 1.92 bits per heavy atom. The highest BCUT2D eigenvalue weighted by Crippen LogP contribution is 2.16. The molecule has 0 bridgehead atoms. The van der Waals surface area contributed by atoms with E-state index in [1.807, 2.05) is 24.3 Å². The Morgan fingerprint density at radius 3 is 2.62 bits per heavy atom. The van der Waals surface area contributed by atoms with Gasteiger partial charge in [0.05, 0.1) is 24.1 Å². The Balaban J connectivity index is 1.60. The normalized spacial score (nSPS) is 10.2. The number of anilines is 2. The van der Waals surface area contributed by atoms with E-state index in [1.165, 1.54) is 0 Å². The van der Waals surface area contributed by atoms with Gasteiger partial charge in [0.25, 0.3) is 5.91 Å². The van der Waals surface area contributed by atoms with Crippen LogP contribution in [0.3, 0.4) is 0 Å². The topological polar surface area (TPSA) is 66.9 Å². The second-order valence-electron chi connectivity index (χ2n) is 5.07. The van der Waals surface area contributed by atoms with Crippen molar-refractivity contribution in [1.29, 1.82) is 0 Å². The van der Waals surface area contributed by atoms with Gasteiger partial charge in [-0.3, -0.25) is 9.78 Å². The zero-order valence-electron chi connectivity index (χ0n) is 12.7. The highest BCUT2D eigenvalue weighted by Gasteiger charge is 2.08. The Bertz CT molecular complexity index is 822. The van der Waals surface area contributed by atoms with Gasteiger partial charge in [0.1, 0.15) is 5.69 Å². The molecule has 0 aliphatic heterocycles. The molecule has 2 N–H and O–H groups in total. The molecule has 0 saturated carbocycles. The molecule has 3 aromatic rings. The summed E-state index contributed by atoms with van der Waals surface area (Å²) in [5.74, 6) is -0.284. The number of hydrogen-bond acceptors (Lipinski definition) is 4. The van der Waals surface area contributed by atoms with Crippen molar-refractivity contribution >= 4 is 28.9 Å². The largest absolute Gasteiger partial charge is 0.378 e. The van der Waals surface area contributed by atoms with Crippen molar-refractivity contribution in [1.82, 2.24) is 9.97 Å². The van der Waals surface area contributed by atoms with Gasteiger partial charge in [-0.1, -0.05) is 23.7 Å². The second-order valence-corrected chi connectivity index (χ2v) is 5.51. The molecular weight excluding hydrogens is 324 g/mol. The van der Waals surface area contributed by atoms with Crippen molar-refractivity contribution in [2.45, 2.75) is 6.54 Å². The zero-order chi connectivity index (χ0) is 16.8. The molecule has 1 amide bonds. The molecule has 0 saturated heterocycles. The molecule has 0 unspecified atom stereocenters. The highest BCUT2D eigenvalue weighted by atomic mass is 35.5. The molecule has 0 fully saturated rings. The van der Waals surface area contributed by atoms with Crippen LogP contribution in [0.25, 0.3) is 0 Å². The average Bonchev–Trinajstić information content (AvgIpc) is 2.61. The molecule has 0 radical (unpaired) electrons. The van der Waals surface area contributed by atoms with Crippen LogP contribution in [0.4, 0.5) is 11.4 Å². The summed E-state index contributed by atoms with van der Waals surface area (Å²) >= 11 is 5.90. The summed E-state index contributed by atoms with van der Waals surface area (Å²) in [6.45, 7) is 0.594. The average molecular weight is 339 g/mol. The quantitative estimate of drug-likeness (QED) is 0.738. The molecule has 1 aromatic carbocycles. The van der Waals surface area contributed by atoms with Crippen LogP contribution in [0.1, 0.15) is 16.2 Å². The molecule has 0 spiro atoms. The minimum atomic E-state index is -0.284. The maximum Gasteiger partial charge on any atom is 0.274 e. The van der Waals surface area contributed by atoms with Crippen LogP contribution in [0, 0.1) is 0 Å². The van der Waals surface area contributed by atoms with E-state index >= 15 is 0 Å². The number of carbonyl (C=O) groups excluding carboxylic acids is 1. The van der Waals surface area contributed by atoms with E-state index in [4.69, 9.17) is 11.6 Å². The van der Waals surface area contributed by atoms with E-state index in [0.29, 0.717) is 22.9 Å². The maximum atomic E-state index is 12.2. The van der Waals surface area contributed by atoms with Crippen LogP contribution in [0.15, 0.2) is 67.0 Å². The summed E-state index contributed by atoms with van der Waals surface area (Å²) in [6.07, 6.45) is 3.37. The number of aromatic nitrogens is 2. The number of amides is 1. The third kappa shape index (κ3) is 4.30. The van der Waals surface area contributed by atoms with Crippen LogP contribution >= 0.6 is 11.6 Å². The van der Waals surface area contributed by atoms with E-state index in [0.717, 1.165) is 11.4 Å². The first kappa shape index (κ1) is 16.0. The fourth-order valence-corrected chi connectivity index (χ4v) is 2.28. The molecule has 2 heterocycles. The summed E-state index contributed by atoms with van der Waals surface area (Å²) < 4.78 is 0. The molecule has 2 aromatic heterocycles. The Hall–Kier alpha value is -2.92. The van der Waals surface area contributed by atoms with Gasteiger partial charge in [-0.25, -0.2) is 4.98 Å². The molecule has 120 valence electrons. The fraction of sp³-hybridized carbons (Fsp3) is 0.0556. The third-order valence-corrected chi connectivity index (χ3v) is 3.51. The minimum absolute atomic E-state index is 0.284. The van der Waals surface area contributed by atoms with Gasteiger partial charge >= 0.3 is 0 Å². The van der Waals surface area contributed by atoms with E-state index in [9.17, 15) is 4.79 Å². The summed E-state index contributed by atoms with van der Waals surface area (Å²) in [4.78, 5) is 20.6. The summed E-state index contributed by atoms with van der Waals surface area (Å²) in [5, 5.41) is 6.53. The Morgan fingerprint density at radius 1 is 1.00 bits per heavy atom. The van der Waals surface area contributed by atoms with Gasteiger partial charge < -0.3 is 10.6 Å². The molecule has 24 heavy (non-hydrogen) atoms. The number of nitrogens with one attached hydrogen (secondary N) is 2. The number of pyridine rings is 2. The van der Waals surface area contributed by atoms with Crippen molar-refractivity contribution in [2.75, 3.05) is 10.6 Å². The standard InChI is InChI=1S/C18H15ClN4O/c19-13-4-3-6-14(10-13)23-18(24)17-8-7-16(12-22-17)21-11-15-5-1-2-9-20-15/h1-10,12,21H,11H2,(H,23,24). The minimum Gasteiger partial charge on any atom is -0.378 e. The fourth-order valence-electron chi connectivity index (χ4n) is 2.09. The van der Waals surface area contributed by atoms with Crippen molar-refractivity contribution in [3.63, 3.8) is 0 Å². The lowest BCUT2D eigenvalue weighted by atomic mass is 10.2. The smallest absolute Gasteiger partial charge is 0.274 e. The van der Waals surface area contributed by atoms with Crippen molar-refractivity contribution in [3.05, 3.63) is 83.4 Å². The van der Waals surface area contributed by atoms with Crippen molar-refractivity contribution in [3.8, 4) is 0 Å². The van der Waals surface area contributed by atoms with Gasteiger partial charge in [0, 0.05) is 16.9 Å². The predicted octanol–water partition coefficient (Wildman–Crippen LogP) is 3.99. The Kier molecular flexibility index (Phi) is 5.03. The summed E-state index contributed by atoms with van der Waals surface area (Å²) in [5.41, 5.74) is 2.71. The van der Waals surface area contributed by atoms with E-state index in [-0.39, 0.29) is 5.91 Å². The van der Waals surface area contributed by atoms with Gasteiger partial charge in [-0.15, -0.1) is 0 Å². The predicted molar refractivity (Wildman–Crippen MR) is 95.2 cm³/mol. The van der Waals surface area contributed by atoms with Gasteiger partial charge in [0.2, 0.25) is 0 Å². The van der Waals surface area contributed by atoms with Crippen molar-refractivity contribution in [2.24, 2.45) is 0 Å². The van der Waals surface area contributed by atoms with Crippen molar-refractivity contribution < 1.29 is 4.79 Å². The molecule has 5 nitrogen and oxygen atoms in total. The highest BCUT2D eigenvalue weighted by molar-refractivity contribution is 6.30. The van der Waals surface area contributed by atoms with Gasteiger partial charge in [-0.05, 0) is 42.5 Å². The van der Waals surface area contributed by atoms with Gasteiger partial charge in [0.15, 0.2) is 0 Å². The molecule has 6 heteroatoms. The van der Waals surface area contributed by atoms with Crippen LogP contribution in [0.2, 0.25) is 5.02 Å². The summed E-state index contributed by atoms with van der Waals surface area (Å²) in [6, 6.07) is 16.2. The first-order valence-corrected chi connectivity index (χ1v) is 7.75. The third-order valence-electron chi connectivity index (χ3n) is 3.28. The van der Waals surface area contributed by atoms with Gasteiger partial charge in [-0.2, -0.15) is 0 Å². The lowest BCUT2D eigenvalue weighted by Gasteiger charge is -2.07. The van der Waals surface area contributed by atoms with Crippen LogP contribution < -0.4 is 10.6 Å². The van der Waals surface area contributed by atoms with Crippen LogP contribution in [-0.4, -0.2) is 15.9 Å². The molecular formula is C18H15ClN4O. The van der Waals surface area contributed by atoms with E-state index in [1.54, 1.807) is 42.7 Å². The molecule has 3 rings (SSSR count). The first-order valence-electron chi connectivity index (χ1n) is 7.37. The van der Waals surface area contributed by atoms with E-state index in [2.05, 4.69) is 20.6 Å². The maximum absolute atomic E-state index is 12.2. The Labute approximate surface area is 144 Å². The lowest BCUT2D eigenvalue weighted by molar-refractivity contribution is 0.102. The molecule has 0 aliphatic rings. The van der Waals surface area contributed by atoms with Crippen LogP contribution in [0.5, 0.6) is 0 Å². The monoisotopic (exact) mass is 338 g/mol. The first-order chi connectivity index (χ1) is 11.7. The summed E-state index contributed by atoms with van der Waals surface area (Å²) in [7, 11) is 0. The zero-order valence-corrected chi connectivity index (χ0v) is 13.5. The lowest BCUT2D eigenvalue weighted by Crippen LogP contribution is -2.13. The van der Waals surface area contributed by atoms with E-state index < -0.39 is 0 Å². The SMILES string of the molecule is O=C(Nc1cccc(Cl)c1)c1ccc(NCc2ccccn2)cn1. The number of halogens is 1. The number of rotatable bonds is 5. The molecule has 0 aliphatic carbocycles. The van der Waals surface area contributed by atoms with Crippen LogP contribution in [-0.2, 0) is 6.54 Å². The second kappa shape index (κ2) is 7.57.